The van der Waals surface area contributed by atoms with Gasteiger partial charge in [0.2, 0.25) is 5.91 Å². The maximum Gasteiger partial charge on any atom is 0.221 e. The van der Waals surface area contributed by atoms with Gasteiger partial charge >= 0.3 is 0 Å². The third kappa shape index (κ3) is 2.98. The molecule has 3 N–H and O–H groups in total. The summed E-state index contributed by atoms with van der Waals surface area (Å²) in [7, 11) is 0. The van der Waals surface area contributed by atoms with E-state index in [0.717, 1.165) is 11.1 Å². The van der Waals surface area contributed by atoms with Gasteiger partial charge in [-0.05, 0) is 31.0 Å². The molecule has 2 aromatic rings. The molecule has 0 atom stereocenters. The SMILES string of the molecule is CC(=O)Nc1ccc2c(NC3CCCCC3)ccnc2c1O. The Morgan fingerprint density at radius 3 is 2.68 bits per heavy atom. The Bertz CT molecular complexity index is 694. The second-order valence-corrected chi connectivity index (χ2v) is 5.88. The first-order chi connectivity index (χ1) is 10.6. The molecule has 0 radical (unpaired) electrons. The van der Waals surface area contributed by atoms with Crippen molar-refractivity contribution in [2.75, 3.05) is 10.6 Å². The predicted molar refractivity (Wildman–Crippen MR) is 88.2 cm³/mol. The number of amides is 1. The van der Waals surface area contributed by atoms with Crippen LogP contribution in [0.15, 0.2) is 24.4 Å². The molecule has 0 bridgehead atoms. The van der Waals surface area contributed by atoms with Gasteiger partial charge in [-0.2, -0.15) is 0 Å². The van der Waals surface area contributed by atoms with E-state index in [0.29, 0.717) is 17.2 Å². The summed E-state index contributed by atoms with van der Waals surface area (Å²) < 4.78 is 0. The third-order valence-electron chi connectivity index (χ3n) is 4.16. The van der Waals surface area contributed by atoms with Crippen molar-refractivity contribution in [1.82, 2.24) is 4.98 Å². The second-order valence-electron chi connectivity index (χ2n) is 5.88. The van der Waals surface area contributed by atoms with Crippen molar-refractivity contribution in [3.8, 4) is 5.75 Å². The van der Waals surface area contributed by atoms with Crippen LogP contribution in [-0.2, 0) is 4.79 Å². The van der Waals surface area contributed by atoms with E-state index in [1.807, 2.05) is 12.1 Å². The highest BCUT2D eigenvalue weighted by atomic mass is 16.3. The van der Waals surface area contributed by atoms with Crippen molar-refractivity contribution >= 4 is 28.2 Å². The highest BCUT2D eigenvalue weighted by molar-refractivity contribution is 6.01. The Kier molecular flexibility index (Phi) is 4.13. The minimum Gasteiger partial charge on any atom is -0.504 e. The van der Waals surface area contributed by atoms with Crippen LogP contribution in [0.25, 0.3) is 10.9 Å². The van der Waals surface area contributed by atoms with Crippen LogP contribution in [0.5, 0.6) is 5.75 Å². The first-order valence-electron chi connectivity index (χ1n) is 7.80. The molecular formula is C17H21N3O2. The van der Waals surface area contributed by atoms with E-state index in [1.165, 1.54) is 39.0 Å². The number of hydrogen-bond donors (Lipinski definition) is 3. The summed E-state index contributed by atoms with van der Waals surface area (Å²) in [6, 6.07) is 6.02. The van der Waals surface area contributed by atoms with Gasteiger partial charge in [0.25, 0.3) is 0 Å². The van der Waals surface area contributed by atoms with Crippen LogP contribution in [0.2, 0.25) is 0 Å². The summed E-state index contributed by atoms with van der Waals surface area (Å²) in [4.78, 5) is 15.4. The molecule has 5 nitrogen and oxygen atoms in total. The highest BCUT2D eigenvalue weighted by Gasteiger charge is 2.16. The van der Waals surface area contributed by atoms with Crippen LogP contribution in [0.4, 0.5) is 11.4 Å². The van der Waals surface area contributed by atoms with Crippen LogP contribution in [0.1, 0.15) is 39.0 Å². The molecule has 1 saturated carbocycles. The van der Waals surface area contributed by atoms with Gasteiger partial charge in [0.05, 0.1) is 5.69 Å². The van der Waals surface area contributed by atoms with E-state index in [1.54, 1.807) is 12.3 Å². The Morgan fingerprint density at radius 1 is 1.18 bits per heavy atom. The zero-order valence-corrected chi connectivity index (χ0v) is 12.7. The lowest BCUT2D eigenvalue weighted by Gasteiger charge is -2.24. The minimum atomic E-state index is -0.217. The molecule has 0 saturated heterocycles. The van der Waals surface area contributed by atoms with Gasteiger partial charge in [-0.15, -0.1) is 0 Å². The number of aromatic hydroxyl groups is 1. The number of benzene rings is 1. The van der Waals surface area contributed by atoms with Crippen molar-refractivity contribution in [2.45, 2.75) is 45.1 Å². The van der Waals surface area contributed by atoms with Crippen molar-refractivity contribution in [3.63, 3.8) is 0 Å². The Morgan fingerprint density at radius 2 is 1.95 bits per heavy atom. The molecule has 22 heavy (non-hydrogen) atoms. The predicted octanol–water partition coefficient (Wildman–Crippen LogP) is 3.64. The van der Waals surface area contributed by atoms with Crippen LogP contribution in [0, 0.1) is 0 Å². The van der Waals surface area contributed by atoms with Crippen LogP contribution in [0.3, 0.4) is 0 Å². The first-order valence-corrected chi connectivity index (χ1v) is 7.80. The molecular weight excluding hydrogens is 278 g/mol. The molecule has 0 unspecified atom stereocenters. The summed E-state index contributed by atoms with van der Waals surface area (Å²) in [6.07, 6.45) is 7.89. The largest absolute Gasteiger partial charge is 0.504 e. The molecule has 1 aliphatic rings. The quantitative estimate of drug-likeness (QED) is 0.756. The normalized spacial score (nSPS) is 15.7. The summed E-state index contributed by atoms with van der Waals surface area (Å²) >= 11 is 0. The van der Waals surface area contributed by atoms with E-state index in [2.05, 4.69) is 15.6 Å². The lowest BCUT2D eigenvalue weighted by molar-refractivity contribution is -0.114. The molecule has 1 aliphatic carbocycles. The maximum absolute atomic E-state index is 11.2. The van der Waals surface area contributed by atoms with Crippen molar-refractivity contribution in [1.29, 1.82) is 0 Å². The van der Waals surface area contributed by atoms with Gasteiger partial charge in [-0.25, -0.2) is 0 Å². The Hall–Kier alpha value is -2.30. The van der Waals surface area contributed by atoms with Gasteiger partial charge in [-0.1, -0.05) is 19.3 Å². The monoisotopic (exact) mass is 299 g/mol. The van der Waals surface area contributed by atoms with Crippen molar-refractivity contribution in [3.05, 3.63) is 24.4 Å². The number of rotatable bonds is 3. The number of carbonyl (C=O) groups is 1. The molecule has 3 rings (SSSR count). The number of anilines is 2. The molecule has 5 heteroatoms. The van der Waals surface area contributed by atoms with E-state index >= 15 is 0 Å². The second kappa shape index (κ2) is 6.22. The minimum absolute atomic E-state index is 0.0139. The molecule has 1 amide bonds. The Labute approximate surface area is 129 Å². The number of hydrogen-bond acceptors (Lipinski definition) is 4. The zero-order valence-electron chi connectivity index (χ0n) is 12.7. The number of fused-ring (bicyclic) bond motifs is 1. The summed E-state index contributed by atoms with van der Waals surface area (Å²) in [5, 5.41) is 17.4. The highest BCUT2D eigenvalue weighted by Crippen LogP contribution is 2.35. The Balaban J connectivity index is 1.94. The molecule has 1 heterocycles. The number of nitrogens with one attached hydrogen (secondary N) is 2. The number of phenols is 1. The average Bonchev–Trinajstić information content (AvgIpc) is 2.51. The zero-order chi connectivity index (χ0) is 15.5. The molecule has 0 aliphatic heterocycles. The number of nitrogens with zero attached hydrogens (tertiary/aromatic N) is 1. The van der Waals surface area contributed by atoms with Crippen LogP contribution in [-0.4, -0.2) is 22.0 Å². The third-order valence-corrected chi connectivity index (χ3v) is 4.16. The fraction of sp³-hybridized carbons (Fsp3) is 0.412. The molecule has 0 spiro atoms. The average molecular weight is 299 g/mol. The summed E-state index contributed by atoms with van der Waals surface area (Å²) in [5.41, 5.74) is 1.89. The van der Waals surface area contributed by atoms with Crippen LogP contribution >= 0.6 is 0 Å². The molecule has 116 valence electrons. The van der Waals surface area contributed by atoms with Crippen molar-refractivity contribution in [2.24, 2.45) is 0 Å². The van der Waals surface area contributed by atoms with E-state index in [4.69, 9.17) is 0 Å². The number of pyridine rings is 1. The molecule has 1 aromatic carbocycles. The van der Waals surface area contributed by atoms with E-state index < -0.39 is 0 Å². The fourth-order valence-corrected chi connectivity index (χ4v) is 3.09. The smallest absolute Gasteiger partial charge is 0.221 e. The van der Waals surface area contributed by atoms with Gasteiger partial charge < -0.3 is 15.7 Å². The lowest BCUT2D eigenvalue weighted by atomic mass is 9.95. The summed E-state index contributed by atoms with van der Waals surface area (Å²) in [5.74, 6) is -0.203. The maximum atomic E-state index is 11.2. The molecule has 1 aromatic heterocycles. The van der Waals surface area contributed by atoms with Gasteiger partial charge in [-0.3, -0.25) is 9.78 Å². The fourth-order valence-electron chi connectivity index (χ4n) is 3.09. The van der Waals surface area contributed by atoms with Crippen LogP contribution < -0.4 is 10.6 Å². The van der Waals surface area contributed by atoms with E-state index in [9.17, 15) is 9.90 Å². The summed E-state index contributed by atoms with van der Waals surface area (Å²) in [6.45, 7) is 1.41. The molecule has 1 fully saturated rings. The van der Waals surface area contributed by atoms with E-state index in [-0.39, 0.29) is 11.7 Å². The lowest BCUT2D eigenvalue weighted by Crippen LogP contribution is -2.22. The van der Waals surface area contributed by atoms with Crippen molar-refractivity contribution < 1.29 is 9.90 Å². The van der Waals surface area contributed by atoms with Gasteiger partial charge in [0.15, 0.2) is 5.75 Å². The first kappa shape index (κ1) is 14.6. The number of carbonyl (C=O) groups excluding carboxylic acids is 1. The van der Waals surface area contributed by atoms with Gasteiger partial charge in [0.1, 0.15) is 5.52 Å². The standard InChI is InChI=1S/C17H21N3O2/c1-11(21)19-15-8-7-13-14(9-10-18-16(13)17(15)22)20-12-5-3-2-4-6-12/h7-10,12,22H,2-6H2,1H3,(H,18,20)(H,19,21). The van der Waals surface area contributed by atoms with Gasteiger partial charge in [0, 0.05) is 30.2 Å². The number of aromatic nitrogens is 1. The topological polar surface area (TPSA) is 74.2 Å². The number of phenolic OH excluding ortho intramolecular Hbond substituents is 1.